The number of aliphatic hydroxyl groups is 1. The molecule has 1 aromatic carbocycles. The van der Waals surface area contributed by atoms with Gasteiger partial charge in [-0.2, -0.15) is 13.2 Å². The monoisotopic (exact) mass is 276 g/mol. The number of aliphatic hydroxyl groups excluding tert-OH is 1. The molecule has 3 atom stereocenters. The minimum absolute atomic E-state index is 0.0535. The molecule has 3 unspecified atom stereocenters. The summed E-state index contributed by atoms with van der Waals surface area (Å²) in [7, 11) is 0. The SMILES string of the molecule is OC(c1ccc(F)cc1)C1CCCC(C(F)(F)F)C1. The summed E-state index contributed by atoms with van der Waals surface area (Å²) in [5, 5.41) is 10.1. The lowest BCUT2D eigenvalue weighted by atomic mass is 9.77. The molecule has 0 aliphatic heterocycles. The first-order valence-electron chi connectivity index (χ1n) is 6.38. The number of hydrogen-bond donors (Lipinski definition) is 1. The minimum atomic E-state index is -4.19. The first-order valence-corrected chi connectivity index (χ1v) is 6.38. The number of rotatable bonds is 2. The van der Waals surface area contributed by atoms with E-state index < -0.39 is 29.9 Å². The van der Waals surface area contributed by atoms with Gasteiger partial charge in [0.25, 0.3) is 0 Å². The summed E-state index contributed by atoms with van der Waals surface area (Å²) >= 11 is 0. The molecule has 106 valence electrons. The van der Waals surface area contributed by atoms with Crippen LogP contribution < -0.4 is 0 Å². The van der Waals surface area contributed by atoms with E-state index in [9.17, 15) is 22.7 Å². The second-order valence-corrected chi connectivity index (χ2v) is 5.16. The molecule has 1 nitrogen and oxygen atoms in total. The maximum atomic E-state index is 12.8. The Kier molecular flexibility index (Phi) is 4.13. The Labute approximate surface area is 109 Å². The smallest absolute Gasteiger partial charge is 0.388 e. The van der Waals surface area contributed by atoms with Gasteiger partial charge in [0.15, 0.2) is 0 Å². The average Bonchev–Trinajstić information content (AvgIpc) is 2.38. The predicted molar refractivity (Wildman–Crippen MR) is 62.9 cm³/mol. The van der Waals surface area contributed by atoms with Crippen molar-refractivity contribution in [2.75, 3.05) is 0 Å². The van der Waals surface area contributed by atoms with Crippen molar-refractivity contribution in [2.24, 2.45) is 11.8 Å². The Hall–Kier alpha value is -1.10. The van der Waals surface area contributed by atoms with Gasteiger partial charge in [-0.3, -0.25) is 0 Å². The lowest BCUT2D eigenvalue weighted by molar-refractivity contribution is -0.189. The largest absolute Gasteiger partial charge is 0.391 e. The van der Waals surface area contributed by atoms with Crippen LogP contribution in [0.5, 0.6) is 0 Å². The maximum Gasteiger partial charge on any atom is 0.391 e. The summed E-state index contributed by atoms with van der Waals surface area (Å²) in [5.74, 6) is -2.17. The molecule has 0 amide bonds. The zero-order chi connectivity index (χ0) is 14.0. The highest BCUT2D eigenvalue weighted by Gasteiger charge is 2.43. The number of hydrogen-bond acceptors (Lipinski definition) is 1. The number of halogens is 4. The molecule has 0 heterocycles. The van der Waals surface area contributed by atoms with Crippen LogP contribution in [0.3, 0.4) is 0 Å². The van der Waals surface area contributed by atoms with Gasteiger partial charge in [-0.1, -0.05) is 18.6 Å². The van der Waals surface area contributed by atoms with E-state index in [2.05, 4.69) is 0 Å². The molecule has 1 aliphatic carbocycles. The van der Waals surface area contributed by atoms with Gasteiger partial charge >= 0.3 is 6.18 Å². The van der Waals surface area contributed by atoms with Crippen molar-refractivity contribution in [2.45, 2.75) is 38.0 Å². The van der Waals surface area contributed by atoms with Crippen molar-refractivity contribution in [3.05, 3.63) is 35.6 Å². The molecular weight excluding hydrogens is 260 g/mol. The highest BCUT2D eigenvalue weighted by molar-refractivity contribution is 5.19. The van der Waals surface area contributed by atoms with E-state index in [-0.39, 0.29) is 12.8 Å². The third-order valence-electron chi connectivity index (χ3n) is 3.84. The van der Waals surface area contributed by atoms with E-state index in [1.807, 2.05) is 0 Å². The fourth-order valence-electron chi connectivity index (χ4n) is 2.74. The zero-order valence-electron chi connectivity index (χ0n) is 10.3. The van der Waals surface area contributed by atoms with Gasteiger partial charge in [0.05, 0.1) is 12.0 Å². The first kappa shape index (κ1) is 14.3. The Balaban J connectivity index is 2.06. The normalized spacial score (nSPS) is 26.2. The molecule has 0 spiro atoms. The molecule has 1 fully saturated rings. The van der Waals surface area contributed by atoms with Crippen molar-refractivity contribution in [3.63, 3.8) is 0 Å². The molecule has 0 aromatic heterocycles. The molecule has 0 radical (unpaired) electrons. The maximum absolute atomic E-state index is 12.8. The first-order chi connectivity index (χ1) is 8.88. The van der Waals surface area contributed by atoms with Crippen LogP contribution in [0, 0.1) is 17.7 Å². The molecule has 1 N–H and O–H groups in total. The summed E-state index contributed by atoms with van der Waals surface area (Å²) in [6.07, 6.45) is -4.02. The zero-order valence-corrected chi connectivity index (χ0v) is 10.3. The molecule has 1 saturated carbocycles. The van der Waals surface area contributed by atoms with Crippen LogP contribution in [0.1, 0.15) is 37.4 Å². The molecule has 5 heteroatoms. The third-order valence-corrected chi connectivity index (χ3v) is 3.84. The van der Waals surface area contributed by atoms with Gasteiger partial charge in [0.2, 0.25) is 0 Å². The standard InChI is InChI=1S/C14H16F4O/c15-12-6-4-9(5-7-12)13(19)10-2-1-3-11(8-10)14(16,17)18/h4-7,10-11,13,19H,1-3,8H2. The molecule has 2 rings (SSSR count). The lowest BCUT2D eigenvalue weighted by Crippen LogP contribution is -2.31. The van der Waals surface area contributed by atoms with Crippen LogP contribution in [0.25, 0.3) is 0 Å². The number of benzene rings is 1. The van der Waals surface area contributed by atoms with E-state index in [0.29, 0.717) is 18.4 Å². The fourth-order valence-corrected chi connectivity index (χ4v) is 2.74. The summed E-state index contributed by atoms with van der Waals surface area (Å²) in [6.45, 7) is 0. The van der Waals surface area contributed by atoms with Crippen molar-refractivity contribution in [3.8, 4) is 0 Å². The Morgan fingerprint density at radius 1 is 1.11 bits per heavy atom. The van der Waals surface area contributed by atoms with Gasteiger partial charge < -0.3 is 5.11 Å². The predicted octanol–water partition coefficient (Wildman–Crippen LogP) is 4.23. The lowest BCUT2D eigenvalue weighted by Gasteiger charge is -2.33. The van der Waals surface area contributed by atoms with E-state index in [4.69, 9.17) is 0 Å². The van der Waals surface area contributed by atoms with Crippen molar-refractivity contribution in [1.29, 1.82) is 0 Å². The molecule has 19 heavy (non-hydrogen) atoms. The second-order valence-electron chi connectivity index (χ2n) is 5.16. The van der Waals surface area contributed by atoms with E-state index in [1.165, 1.54) is 24.3 Å². The van der Waals surface area contributed by atoms with Gasteiger partial charge in [-0.05, 0) is 42.9 Å². The van der Waals surface area contributed by atoms with Crippen LogP contribution in [-0.2, 0) is 0 Å². The molecule has 0 saturated heterocycles. The summed E-state index contributed by atoms with van der Waals surface area (Å²) in [6, 6.07) is 5.28. The summed E-state index contributed by atoms with van der Waals surface area (Å²) in [4.78, 5) is 0. The van der Waals surface area contributed by atoms with Gasteiger partial charge in [0, 0.05) is 0 Å². The molecule has 1 aromatic rings. The van der Waals surface area contributed by atoms with E-state index in [1.54, 1.807) is 0 Å². The van der Waals surface area contributed by atoms with Crippen LogP contribution in [0.4, 0.5) is 17.6 Å². The van der Waals surface area contributed by atoms with Crippen molar-refractivity contribution in [1.82, 2.24) is 0 Å². The van der Waals surface area contributed by atoms with Crippen LogP contribution in [0.15, 0.2) is 24.3 Å². The third kappa shape index (κ3) is 3.47. The Bertz CT molecular complexity index is 412. The molecular formula is C14H16F4O. The molecule has 1 aliphatic rings. The number of alkyl halides is 3. The highest BCUT2D eigenvalue weighted by Crippen LogP contribution is 2.43. The van der Waals surface area contributed by atoms with Crippen molar-refractivity contribution >= 4 is 0 Å². The summed E-state index contributed by atoms with van der Waals surface area (Å²) < 4.78 is 50.9. The average molecular weight is 276 g/mol. The van der Waals surface area contributed by atoms with Crippen LogP contribution >= 0.6 is 0 Å². The van der Waals surface area contributed by atoms with Gasteiger partial charge in [0.1, 0.15) is 5.82 Å². The summed E-state index contributed by atoms with van der Waals surface area (Å²) in [5.41, 5.74) is 0.481. The minimum Gasteiger partial charge on any atom is -0.388 e. The van der Waals surface area contributed by atoms with E-state index >= 15 is 0 Å². The quantitative estimate of drug-likeness (QED) is 0.801. The van der Waals surface area contributed by atoms with Crippen molar-refractivity contribution < 1.29 is 22.7 Å². The topological polar surface area (TPSA) is 20.2 Å². The van der Waals surface area contributed by atoms with E-state index in [0.717, 1.165) is 0 Å². The van der Waals surface area contributed by atoms with Gasteiger partial charge in [-0.25, -0.2) is 4.39 Å². The Morgan fingerprint density at radius 3 is 2.32 bits per heavy atom. The van der Waals surface area contributed by atoms with Crippen LogP contribution in [-0.4, -0.2) is 11.3 Å². The van der Waals surface area contributed by atoms with Gasteiger partial charge in [-0.15, -0.1) is 0 Å². The second kappa shape index (κ2) is 5.49. The molecule has 0 bridgehead atoms. The van der Waals surface area contributed by atoms with Crippen LogP contribution in [0.2, 0.25) is 0 Å². The fraction of sp³-hybridized carbons (Fsp3) is 0.571. The highest BCUT2D eigenvalue weighted by atomic mass is 19.4. The Morgan fingerprint density at radius 2 is 1.74 bits per heavy atom.